The van der Waals surface area contributed by atoms with Crippen LogP contribution in [-0.4, -0.2) is 35.5 Å². The molecular weight excluding hydrogens is 354 g/mol. The van der Waals surface area contributed by atoms with Gasteiger partial charge in [0.2, 0.25) is 0 Å². The van der Waals surface area contributed by atoms with Crippen LogP contribution in [0.15, 0.2) is 29.6 Å². The van der Waals surface area contributed by atoms with Crippen molar-refractivity contribution in [2.24, 2.45) is 0 Å². The predicted octanol–water partition coefficient (Wildman–Crippen LogP) is 2.76. The molecule has 2 aromatic rings. The highest BCUT2D eigenvalue weighted by Crippen LogP contribution is 2.24. The molecule has 0 fully saturated rings. The molecule has 0 unspecified atom stereocenters. The van der Waals surface area contributed by atoms with E-state index in [-0.39, 0.29) is 11.7 Å². The van der Waals surface area contributed by atoms with Crippen LogP contribution < -0.4 is 10.6 Å². The fourth-order valence-corrected chi connectivity index (χ4v) is 2.84. The molecule has 1 heterocycles. The van der Waals surface area contributed by atoms with E-state index >= 15 is 0 Å². The molecule has 26 heavy (non-hydrogen) atoms. The van der Waals surface area contributed by atoms with Crippen LogP contribution in [0.3, 0.4) is 0 Å². The normalized spacial score (nSPS) is 10.5. The number of nitrogens with zero attached hydrogens (tertiary/aromatic N) is 1. The number of rotatable bonds is 6. The van der Waals surface area contributed by atoms with Gasteiger partial charge < -0.3 is 10.1 Å². The lowest BCUT2D eigenvalue weighted by atomic mass is 10.1. The molecule has 0 atom stereocenters. The Morgan fingerprint density at radius 3 is 2.50 bits per heavy atom. The zero-order valence-corrected chi connectivity index (χ0v) is 15.7. The van der Waals surface area contributed by atoms with Crippen LogP contribution in [0.2, 0.25) is 0 Å². The van der Waals surface area contributed by atoms with E-state index in [0.717, 1.165) is 12.0 Å². The lowest BCUT2D eigenvalue weighted by Crippen LogP contribution is -2.44. The average Bonchev–Trinajstić information content (AvgIpc) is 3.09. The predicted molar refractivity (Wildman–Crippen MR) is 99.0 cm³/mol. The number of esters is 1. The summed E-state index contributed by atoms with van der Waals surface area (Å²) < 4.78 is 4.89. The summed E-state index contributed by atoms with van der Waals surface area (Å²) in [6.07, 6.45) is 0.951. The second kappa shape index (κ2) is 9.10. The fraction of sp³-hybridized carbons (Fsp3) is 0.333. The molecule has 0 bridgehead atoms. The molecule has 0 radical (unpaired) electrons. The Morgan fingerprint density at radius 1 is 1.19 bits per heavy atom. The highest BCUT2D eigenvalue weighted by molar-refractivity contribution is 7.13. The van der Waals surface area contributed by atoms with Crippen LogP contribution in [0.4, 0.5) is 4.79 Å². The highest BCUT2D eigenvalue weighted by atomic mass is 32.1. The molecule has 138 valence electrons. The SMILES string of the molecule is CCc1ccc(-c2nc(C(=O)OCC(=O)NC(=O)NC(C)C)cs2)cc1. The van der Waals surface area contributed by atoms with Crippen molar-refractivity contribution in [1.82, 2.24) is 15.6 Å². The number of urea groups is 1. The van der Waals surface area contributed by atoms with Gasteiger partial charge in [0.05, 0.1) is 0 Å². The van der Waals surface area contributed by atoms with Gasteiger partial charge in [-0.15, -0.1) is 11.3 Å². The molecule has 2 rings (SSSR count). The van der Waals surface area contributed by atoms with Gasteiger partial charge in [-0.05, 0) is 25.8 Å². The number of hydrogen-bond acceptors (Lipinski definition) is 6. The molecule has 0 aliphatic heterocycles. The van der Waals surface area contributed by atoms with Crippen molar-refractivity contribution in [2.45, 2.75) is 33.2 Å². The summed E-state index contributed by atoms with van der Waals surface area (Å²) in [5.41, 5.74) is 2.26. The molecule has 0 aliphatic carbocycles. The zero-order valence-electron chi connectivity index (χ0n) is 14.9. The van der Waals surface area contributed by atoms with E-state index in [1.807, 2.05) is 24.3 Å². The van der Waals surface area contributed by atoms with E-state index in [1.54, 1.807) is 19.2 Å². The molecule has 0 saturated carbocycles. The van der Waals surface area contributed by atoms with Crippen LogP contribution in [0.1, 0.15) is 36.8 Å². The Balaban J connectivity index is 1.89. The lowest BCUT2D eigenvalue weighted by molar-refractivity contribution is -0.123. The standard InChI is InChI=1S/C18H21N3O4S/c1-4-12-5-7-13(8-6-12)16-20-14(10-26-16)17(23)25-9-15(22)21-18(24)19-11(2)3/h5-8,10-11H,4,9H2,1-3H3,(H2,19,21,22,24). The summed E-state index contributed by atoms with van der Waals surface area (Å²) in [7, 11) is 0. The molecule has 1 aromatic heterocycles. The lowest BCUT2D eigenvalue weighted by Gasteiger charge is -2.09. The van der Waals surface area contributed by atoms with Crippen LogP contribution in [-0.2, 0) is 16.0 Å². The minimum absolute atomic E-state index is 0.106. The van der Waals surface area contributed by atoms with Gasteiger partial charge in [0.25, 0.3) is 5.91 Å². The van der Waals surface area contributed by atoms with E-state index < -0.39 is 24.5 Å². The minimum Gasteiger partial charge on any atom is -0.451 e. The third-order valence-corrected chi connectivity index (χ3v) is 4.22. The van der Waals surface area contributed by atoms with Gasteiger partial charge in [-0.1, -0.05) is 31.2 Å². The Kier molecular flexibility index (Phi) is 6.85. The molecular formula is C18H21N3O4S. The topological polar surface area (TPSA) is 97.4 Å². The zero-order chi connectivity index (χ0) is 19.1. The van der Waals surface area contributed by atoms with Crippen LogP contribution in [0, 0.1) is 0 Å². The minimum atomic E-state index is -0.711. The van der Waals surface area contributed by atoms with Crippen molar-refractivity contribution >= 4 is 29.2 Å². The fourth-order valence-electron chi connectivity index (χ4n) is 2.05. The summed E-state index contributed by atoms with van der Waals surface area (Å²) in [5, 5.41) is 6.85. The van der Waals surface area contributed by atoms with E-state index in [2.05, 4.69) is 22.5 Å². The number of ether oxygens (including phenoxy) is 1. The maximum Gasteiger partial charge on any atom is 0.358 e. The second-order valence-electron chi connectivity index (χ2n) is 5.84. The van der Waals surface area contributed by atoms with E-state index in [4.69, 9.17) is 4.74 Å². The number of imide groups is 1. The molecule has 3 amide bonds. The first-order valence-electron chi connectivity index (χ1n) is 8.21. The third kappa shape index (κ3) is 5.66. The van der Waals surface area contributed by atoms with Gasteiger partial charge in [-0.2, -0.15) is 0 Å². The number of carbonyl (C=O) groups excluding carboxylic acids is 3. The maximum absolute atomic E-state index is 12.0. The number of aromatic nitrogens is 1. The first-order chi connectivity index (χ1) is 12.4. The van der Waals surface area contributed by atoms with Crippen LogP contribution >= 0.6 is 11.3 Å². The Hall–Kier alpha value is -2.74. The number of nitrogens with one attached hydrogen (secondary N) is 2. The number of carbonyl (C=O) groups is 3. The molecule has 7 nitrogen and oxygen atoms in total. The molecule has 1 aromatic carbocycles. The smallest absolute Gasteiger partial charge is 0.358 e. The quantitative estimate of drug-likeness (QED) is 0.757. The van der Waals surface area contributed by atoms with Gasteiger partial charge >= 0.3 is 12.0 Å². The van der Waals surface area contributed by atoms with E-state index in [1.165, 1.54) is 16.9 Å². The van der Waals surface area contributed by atoms with Crippen molar-refractivity contribution < 1.29 is 19.1 Å². The van der Waals surface area contributed by atoms with E-state index in [9.17, 15) is 14.4 Å². The van der Waals surface area contributed by atoms with Crippen molar-refractivity contribution in [3.05, 3.63) is 40.9 Å². The van der Waals surface area contributed by atoms with E-state index in [0.29, 0.717) is 5.01 Å². The monoisotopic (exact) mass is 375 g/mol. The first kappa shape index (κ1) is 19.6. The Labute approximate surface area is 155 Å². The van der Waals surface area contributed by atoms with Gasteiger partial charge in [-0.25, -0.2) is 14.6 Å². The maximum atomic E-state index is 12.0. The molecule has 0 saturated heterocycles. The summed E-state index contributed by atoms with van der Waals surface area (Å²) >= 11 is 1.32. The van der Waals surface area contributed by atoms with Gasteiger partial charge in [-0.3, -0.25) is 10.1 Å². The van der Waals surface area contributed by atoms with Crippen LogP contribution in [0.25, 0.3) is 10.6 Å². The highest BCUT2D eigenvalue weighted by Gasteiger charge is 2.16. The summed E-state index contributed by atoms with van der Waals surface area (Å²) in [6.45, 7) is 5.05. The van der Waals surface area contributed by atoms with Gasteiger partial charge in [0, 0.05) is 17.0 Å². The Morgan fingerprint density at radius 2 is 1.88 bits per heavy atom. The number of benzene rings is 1. The van der Waals surface area contributed by atoms with Crippen molar-refractivity contribution in [2.75, 3.05) is 6.61 Å². The molecule has 8 heteroatoms. The van der Waals surface area contributed by atoms with Crippen molar-refractivity contribution in [3.8, 4) is 10.6 Å². The molecule has 0 spiro atoms. The van der Waals surface area contributed by atoms with Gasteiger partial charge in [0.1, 0.15) is 5.01 Å². The van der Waals surface area contributed by atoms with Crippen molar-refractivity contribution in [3.63, 3.8) is 0 Å². The summed E-state index contributed by atoms with van der Waals surface area (Å²) in [4.78, 5) is 39.2. The molecule has 0 aliphatic rings. The first-order valence-corrected chi connectivity index (χ1v) is 9.09. The molecule has 2 N–H and O–H groups in total. The average molecular weight is 375 g/mol. The van der Waals surface area contributed by atoms with Crippen molar-refractivity contribution in [1.29, 1.82) is 0 Å². The number of amides is 3. The number of hydrogen-bond donors (Lipinski definition) is 2. The largest absolute Gasteiger partial charge is 0.451 e. The third-order valence-electron chi connectivity index (χ3n) is 3.33. The number of thiazole rings is 1. The van der Waals surface area contributed by atoms with Crippen LogP contribution in [0.5, 0.6) is 0 Å². The summed E-state index contributed by atoms with van der Waals surface area (Å²) in [6, 6.07) is 7.20. The second-order valence-corrected chi connectivity index (χ2v) is 6.70. The van der Waals surface area contributed by atoms with Gasteiger partial charge in [0.15, 0.2) is 12.3 Å². The summed E-state index contributed by atoms with van der Waals surface area (Å²) in [5.74, 6) is -1.42. The number of aryl methyl sites for hydroxylation is 1. The Bertz CT molecular complexity index is 784.